The Labute approximate surface area is 286 Å². The molecule has 1 saturated heterocycles. The highest BCUT2D eigenvalue weighted by Gasteiger charge is 2.23. The molecular weight excluding hydrogens is 667 g/mol. The summed E-state index contributed by atoms with van der Waals surface area (Å²) in [6.45, 7) is 9.75. The van der Waals surface area contributed by atoms with Gasteiger partial charge in [-0.3, -0.25) is 9.69 Å². The fourth-order valence-corrected chi connectivity index (χ4v) is 6.84. The maximum absolute atomic E-state index is 12.7. The summed E-state index contributed by atoms with van der Waals surface area (Å²) in [6.07, 6.45) is 1.24. The van der Waals surface area contributed by atoms with Crippen molar-refractivity contribution < 1.29 is 18.8 Å². The van der Waals surface area contributed by atoms with Crippen molar-refractivity contribution in [2.24, 2.45) is 0 Å². The van der Waals surface area contributed by atoms with Crippen LogP contribution in [0.5, 0.6) is 0 Å². The lowest BCUT2D eigenvalue weighted by molar-refractivity contribution is -0.119. The van der Waals surface area contributed by atoms with Crippen molar-refractivity contribution in [1.29, 1.82) is 0 Å². The average molecular weight is 704 g/mol. The second kappa shape index (κ2) is 15.2. The topological polar surface area (TPSA) is 122 Å². The summed E-state index contributed by atoms with van der Waals surface area (Å²) in [5.41, 5.74) is 2.96. The molecule has 0 saturated carbocycles. The van der Waals surface area contributed by atoms with Gasteiger partial charge in [-0.25, -0.2) is 9.78 Å². The zero-order valence-electron chi connectivity index (χ0n) is 26.0. The van der Waals surface area contributed by atoms with Gasteiger partial charge in [-0.05, 0) is 64.3 Å². The smallest absolute Gasteiger partial charge is 0.408 e. The number of benzene rings is 2. The number of rotatable bonds is 10. The van der Waals surface area contributed by atoms with Gasteiger partial charge < -0.3 is 19.9 Å². The van der Waals surface area contributed by atoms with Crippen LogP contribution in [-0.4, -0.2) is 62.5 Å². The lowest BCUT2D eigenvalue weighted by Crippen LogP contribution is -2.44. The molecule has 0 aliphatic carbocycles. The van der Waals surface area contributed by atoms with Gasteiger partial charge in [0.15, 0.2) is 4.34 Å². The molecule has 2 aromatic carbocycles. The van der Waals surface area contributed by atoms with E-state index in [1.54, 1.807) is 27.7 Å². The molecule has 244 valence electrons. The van der Waals surface area contributed by atoms with Crippen LogP contribution in [0.4, 0.5) is 4.79 Å². The molecule has 1 atom stereocenters. The number of alkyl carbamates (subject to hydrolysis) is 1. The molecule has 4 aromatic rings. The SMILES string of the molecule is C[C@H](NC(=O)OC(C)(C)C)c1nc(-c2cccc(-c3csc(SCC(=O)NC4CCN(Cc5ccc(Cl)c(Cl)c5)CC4)n3)c2)no1. The molecule has 10 nitrogen and oxygen atoms in total. The van der Waals surface area contributed by atoms with Crippen LogP contribution in [0.15, 0.2) is 56.7 Å². The fourth-order valence-electron chi connectivity index (χ4n) is 4.88. The van der Waals surface area contributed by atoms with Gasteiger partial charge in [0, 0.05) is 42.2 Å². The van der Waals surface area contributed by atoms with E-state index in [9.17, 15) is 9.59 Å². The van der Waals surface area contributed by atoms with Gasteiger partial charge in [-0.2, -0.15) is 4.98 Å². The number of halogens is 2. The Bertz CT molecular complexity index is 1670. The summed E-state index contributed by atoms with van der Waals surface area (Å²) in [5.74, 6) is 0.981. The number of ether oxygens (including phenoxy) is 1. The minimum Gasteiger partial charge on any atom is -0.444 e. The second-order valence-corrected chi connectivity index (χ2v) is 15.0. The third-order valence-electron chi connectivity index (χ3n) is 7.11. The Hall–Kier alpha value is -3.16. The van der Waals surface area contributed by atoms with E-state index < -0.39 is 17.7 Å². The van der Waals surface area contributed by atoms with Gasteiger partial charge in [0.2, 0.25) is 17.6 Å². The molecule has 2 aromatic heterocycles. The minimum atomic E-state index is -0.612. The second-order valence-electron chi connectivity index (χ2n) is 12.1. The van der Waals surface area contributed by atoms with Gasteiger partial charge in [0.05, 0.1) is 21.5 Å². The lowest BCUT2D eigenvalue weighted by atomic mass is 10.0. The number of nitrogens with zero attached hydrogens (tertiary/aromatic N) is 4. The van der Waals surface area contributed by atoms with E-state index in [0.29, 0.717) is 21.6 Å². The number of carbonyl (C=O) groups is 2. The van der Waals surface area contributed by atoms with Crippen molar-refractivity contribution >= 4 is 58.3 Å². The number of thioether (sulfide) groups is 1. The summed E-state index contributed by atoms with van der Waals surface area (Å²) in [5, 5.41) is 13.1. The summed E-state index contributed by atoms with van der Waals surface area (Å²) in [7, 11) is 0. The quantitative estimate of drug-likeness (QED) is 0.161. The zero-order chi connectivity index (χ0) is 32.8. The summed E-state index contributed by atoms with van der Waals surface area (Å²) < 4.78 is 11.5. The number of piperidine rings is 1. The monoisotopic (exact) mass is 702 g/mol. The van der Waals surface area contributed by atoms with Crippen LogP contribution in [0.1, 0.15) is 58.0 Å². The van der Waals surface area contributed by atoms with E-state index >= 15 is 0 Å². The van der Waals surface area contributed by atoms with Crippen molar-refractivity contribution in [2.45, 2.75) is 69.1 Å². The Morgan fingerprint density at radius 1 is 1.11 bits per heavy atom. The first-order valence-electron chi connectivity index (χ1n) is 14.9. The summed E-state index contributed by atoms with van der Waals surface area (Å²) in [6, 6.07) is 13.1. The number of hydrogen-bond donors (Lipinski definition) is 2. The highest BCUT2D eigenvalue weighted by atomic mass is 35.5. The van der Waals surface area contributed by atoms with Crippen LogP contribution in [0.2, 0.25) is 10.0 Å². The van der Waals surface area contributed by atoms with Crippen molar-refractivity contribution in [3.05, 3.63) is 69.3 Å². The van der Waals surface area contributed by atoms with Gasteiger partial charge in [-0.15, -0.1) is 11.3 Å². The predicted molar refractivity (Wildman–Crippen MR) is 182 cm³/mol. The van der Waals surface area contributed by atoms with Gasteiger partial charge in [-0.1, -0.05) is 64.4 Å². The Morgan fingerprint density at radius 2 is 1.87 bits per heavy atom. The van der Waals surface area contributed by atoms with Crippen LogP contribution >= 0.6 is 46.3 Å². The number of nitrogens with one attached hydrogen (secondary N) is 2. The maximum atomic E-state index is 12.7. The van der Waals surface area contributed by atoms with Crippen molar-refractivity contribution in [3.8, 4) is 22.6 Å². The van der Waals surface area contributed by atoms with Crippen molar-refractivity contribution in [2.75, 3.05) is 18.8 Å². The standard InChI is InChI=1S/C32H36Cl2N6O4S2/c1-19(35-30(42)43-32(2,3)4)29-38-28(39-44-29)22-7-5-6-21(15-22)26-17-45-31(37-26)46-18-27(41)36-23-10-12-40(13-11-23)16-20-8-9-24(33)25(34)14-20/h5-9,14-15,17,19,23H,10-13,16,18H2,1-4H3,(H,35,42)(H,36,41)/t19-/m0/s1. The van der Waals surface area contributed by atoms with E-state index in [1.165, 1.54) is 23.1 Å². The van der Waals surface area contributed by atoms with E-state index in [4.69, 9.17) is 37.4 Å². The van der Waals surface area contributed by atoms with Crippen LogP contribution in [0, 0.1) is 0 Å². The molecule has 3 heterocycles. The summed E-state index contributed by atoms with van der Waals surface area (Å²) in [4.78, 5) is 36.4. The number of thiazole rings is 1. The van der Waals surface area contributed by atoms with Crippen molar-refractivity contribution in [1.82, 2.24) is 30.7 Å². The Morgan fingerprint density at radius 3 is 2.61 bits per heavy atom. The number of hydrogen-bond acceptors (Lipinski definition) is 10. The maximum Gasteiger partial charge on any atom is 0.408 e. The van der Waals surface area contributed by atoms with Gasteiger partial charge in [0.1, 0.15) is 11.6 Å². The van der Waals surface area contributed by atoms with Gasteiger partial charge >= 0.3 is 6.09 Å². The first kappa shape index (κ1) is 34.2. The fraction of sp³-hybridized carbons (Fsp3) is 0.406. The molecule has 46 heavy (non-hydrogen) atoms. The number of carbonyl (C=O) groups excluding carboxylic acids is 2. The third kappa shape index (κ3) is 9.68. The molecule has 0 spiro atoms. The molecule has 1 fully saturated rings. The molecular formula is C32H36Cl2N6O4S2. The predicted octanol–water partition coefficient (Wildman–Crippen LogP) is 7.63. The number of likely N-dealkylation sites (tertiary alicyclic amines) is 1. The average Bonchev–Trinajstić information content (AvgIpc) is 3.69. The number of aromatic nitrogens is 3. The lowest BCUT2D eigenvalue weighted by Gasteiger charge is -2.32. The van der Waals surface area contributed by atoms with E-state index in [2.05, 4.69) is 25.7 Å². The zero-order valence-corrected chi connectivity index (χ0v) is 29.2. The molecule has 2 amide bonds. The third-order valence-corrected chi connectivity index (χ3v) is 9.87. The normalized spacial score (nSPS) is 15.0. The molecule has 0 unspecified atom stereocenters. The van der Waals surface area contributed by atoms with Gasteiger partial charge in [0.25, 0.3) is 0 Å². The van der Waals surface area contributed by atoms with E-state index in [-0.39, 0.29) is 17.8 Å². The Balaban J connectivity index is 1.09. The highest BCUT2D eigenvalue weighted by molar-refractivity contribution is 8.01. The van der Waals surface area contributed by atoms with Crippen LogP contribution in [0.25, 0.3) is 22.6 Å². The molecule has 0 bridgehead atoms. The first-order valence-corrected chi connectivity index (χ1v) is 17.5. The Kier molecular flexibility index (Phi) is 11.3. The molecule has 0 radical (unpaired) electrons. The molecule has 1 aliphatic heterocycles. The molecule has 14 heteroatoms. The highest BCUT2D eigenvalue weighted by Crippen LogP contribution is 2.31. The van der Waals surface area contributed by atoms with E-state index in [0.717, 1.165) is 59.2 Å². The molecule has 5 rings (SSSR count). The summed E-state index contributed by atoms with van der Waals surface area (Å²) >= 11 is 15.1. The minimum absolute atomic E-state index is 0.00924. The first-order chi connectivity index (χ1) is 21.9. The largest absolute Gasteiger partial charge is 0.444 e. The number of amides is 2. The van der Waals surface area contributed by atoms with Crippen LogP contribution in [-0.2, 0) is 16.1 Å². The van der Waals surface area contributed by atoms with Crippen LogP contribution < -0.4 is 10.6 Å². The molecule has 2 N–H and O–H groups in total. The molecule has 1 aliphatic rings. The van der Waals surface area contributed by atoms with E-state index in [1.807, 2.05) is 47.8 Å². The van der Waals surface area contributed by atoms with Crippen molar-refractivity contribution in [3.63, 3.8) is 0 Å². The van der Waals surface area contributed by atoms with Crippen LogP contribution in [0.3, 0.4) is 0 Å².